The fourth-order valence-electron chi connectivity index (χ4n) is 1.56. The summed E-state index contributed by atoms with van der Waals surface area (Å²) in [5, 5.41) is 0. The summed E-state index contributed by atoms with van der Waals surface area (Å²) in [5.41, 5.74) is -0.185. The molecule has 0 aliphatic rings. The Labute approximate surface area is 120 Å². The van der Waals surface area contributed by atoms with Gasteiger partial charge in [0.1, 0.15) is 11.4 Å². The zero-order valence-electron chi connectivity index (χ0n) is 9.82. The second kappa shape index (κ2) is 5.62. The van der Waals surface area contributed by atoms with Gasteiger partial charge in [-0.2, -0.15) is 0 Å². The van der Waals surface area contributed by atoms with Crippen molar-refractivity contribution >= 4 is 21.7 Å². The van der Waals surface area contributed by atoms with Crippen LogP contribution >= 0.6 is 15.9 Å². The molecule has 0 atom stereocenters. The van der Waals surface area contributed by atoms with Gasteiger partial charge in [0, 0.05) is 10.7 Å². The molecule has 2 rings (SSSR count). The molecule has 0 aliphatic heterocycles. The van der Waals surface area contributed by atoms with Gasteiger partial charge in [0.15, 0.2) is 0 Å². The van der Waals surface area contributed by atoms with E-state index in [1.807, 2.05) is 0 Å². The van der Waals surface area contributed by atoms with Gasteiger partial charge >= 0.3 is 6.36 Å². The number of carbonyl (C=O) groups excluding carboxylic acids is 1. The summed E-state index contributed by atoms with van der Waals surface area (Å²) >= 11 is 3.06. The molecule has 0 N–H and O–H groups in total. The number of benzene rings is 1. The van der Waals surface area contributed by atoms with Crippen molar-refractivity contribution in [3.05, 3.63) is 58.3 Å². The Hall–Kier alpha value is -1.89. The average Bonchev–Trinajstić information content (AvgIpc) is 2.37. The minimum Gasteiger partial charge on any atom is -0.405 e. The second-order valence-corrected chi connectivity index (χ2v) is 4.56. The van der Waals surface area contributed by atoms with Crippen molar-refractivity contribution in [2.45, 2.75) is 6.36 Å². The molecule has 0 saturated carbocycles. The van der Waals surface area contributed by atoms with Crippen molar-refractivity contribution in [2.24, 2.45) is 0 Å². The van der Waals surface area contributed by atoms with Crippen LogP contribution in [0.15, 0.2) is 47.1 Å². The summed E-state index contributed by atoms with van der Waals surface area (Å²) in [5.74, 6) is -1.22. The van der Waals surface area contributed by atoms with Gasteiger partial charge in [0.2, 0.25) is 5.78 Å². The Morgan fingerprint density at radius 1 is 1.15 bits per heavy atom. The number of carbonyl (C=O) groups is 1. The first-order valence-electron chi connectivity index (χ1n) is 5.38. The lowest BCUT2D eigenvalue weighted by molar-refractivity contribution is -0.274. The van der Waals surface area contributed by atoms with E-state index < -0.39 is 17.9 Å². The van der Waals surface area contributed by atoms with Gasteiger partial charge in [0.25, 0.3) is 0 Å². The topological polar surface area (TPSA) is 39.2 Å². The number of ketones is 1. The van der Waals surface area contributed by atoms with Crippen molar-refractivity contribution < 1.29 is 22.7 Å². The van der Waals surface area contributed by atoms with E-state index in [0.29, 0.717) is 0 Å². The normalized spacial score (nSPS) is 11.2. The van der Waals surface area contributed by atoms with Crippen molar-refractivity contribution in [2.75, 3.05) is 0 Å². The number of hydrogen-bond donors (Lipinski definition) is 0. The number of nitrogens with zero attached hydrogens (tertiary/aromatic N) is 1. The molecule has 2 aromatic rings. The molecule has 0 bridgehead atoms. The fourth-order valence-corrected chi connectivity index (χ4v) is 2.09. The third-order valence-electron chi connectivity index (χ3n) is 2.33. The van der Waals surface area contributed by atoms with Gasteiger partial charge in [-0.15, -0.1) is 13.2 Å². The lowest BCUT2D eigenvalue weighted by Gasteiger charge is -2.13. The van der Waals surface area contributed by atoms with Crippen molar-refractivity contribution in [1.82, 2.24) is 4.98 Å². The number of ether oxygens (including phenoxy) is 1. The quantitative estimate of drug-likeness (QED) is 0.790. The summed E-state index contributed by atoms with van der Waals surface area (Å²) < 4.78 is 41.1. The molecule has 0 amide bonds. The van der Waals surface area contributed by atoms with Crippen LogP contribution in [-0.4, -0.2) is 17.1 Å². The van der Waals surface area contributed by atoms with Crippen LogP contribution in [-0.2, 0) is 0 Å². The number of pyridine rings is 1. The molecule has 20 heavy (non-hydrogen) atoms. The summed E-state index contributed by atoms with van der Waals surface area (Å²) in [6.45, 7) is 0. The first kappa shape index (κ1) is 14.5. The summed E-state index contributed by atoms with van der Waals surface area (Å²) in [4.78, 5) is 16.1. The highest BCUT2D eigenvalue weighted by Crippen LogP contribution is 2.32. The summed E-state index contributed by atoms with van der Waals surface area (Å²) in [7, 11) is 0. The lowest BCUT2D eigenvalue weighted by Crippen LogP contribution is -2.19. The predicted octanol–water partition coefficient (Wildman–Crippen LogP) is 3.97. The Bertz CT molecular complexity index is 629. The predicted molar refractivity (Wildman–Crippen MR) is 68.5 cm³/mol. The molecular weight excluding hydrogens is 339 g/mol. The van der Waals surface area contributed by atoms with Crippen LogP contribution < -0.4 is 4.74 Å². The summed E-state index contributed by atoms with van der Waals surface area (Å²) in [6, 6.07) is 8.47. The zero-order chi connectivity index (χ0) is 14.8. The minimum atomic E-state index is -4.88. The molecule has 7 heteroatoms. The van der Waals surface area contributed by atoms with Gasteiger partial charge in [0.05, 0.1) is 5.56 Å². The Balaban J connectivity index is 2.48. The molecule has 3 nitrogen and oxygen atoms in total. The van der Waals surface area contributed by atoms with Gasteiger partial charge in [-0.1, -0.05) is 12.1 Å². The monoisotopic (exact) mass is 345 g/mol. The maximum absolute atomic E-state index is 12.4. The van der Waals surface area contributed by atoms with E-state index >= 15 is 0 Å². The summed E-state index contributed by atoms with van der Waals surface area (Å²) in [6.07, 6.45) is -3.49. The number of rotatable bonds is 3. The number of hydrogen-bond acceptors (Lipinski definition) is 3. The molecular formula is C13H7BrF3NO2. The SMILES string of the molecule is O=C(c1ccccn1)c1c(Br)cccc1OC(F)(F)F. The van der Waals surface area contributed by atoms with Crippen molar-refractivity contribution in [3.63, 3.8) is 0 Å². The van der Waals surface area contributed by atoms with E-state index in [1.165, 1.54) is 24.4 Å². The molecule has 0 aliphatic carbocycles. The number of halogens is 4. The van der Waals surface area contributed by atoms with Crippen LogP contribution in [0, 0.1) is 0 Å². The van der Waals surface area contributed by atoms with Gasteiger partial charge in [-0.25, -0.2) is 0 Å². The zero-order valence-corrected chi connectivity index (χ0v) is 11.4. The fraction of sp³-hybridized carbons (Fsp3) is 0.0769. The Kier molecular flexibility index (Phi) is 4.08. The minimum absolute atomic E-state index is 0.0337. The smallest absolute Gasteiger partial charge is 0.405 e. The van der Waals surface area contributed by atoms with E-state index in [9.17, 15) is 18.0 Å². The first-order valence-corrected chi connectivity index (χ1v) is 6.18. The Morgan fingerprint density at radius 2 is 1.90 bits per heavy atom. The molecule has 1 aromatic carbocycles. The van der Waals surface area contributed by atoms with Crippen LogP contribution in [0.25, 0.3) is 0 Å². The van der Waals surface area contributed by atoms with E-state index in [0.717, 1.165) is 6.07 Å². The van der Waals surface area contributed by atoms with Crippen LogP contribution in [0.1, 0.15) is 16.1 Å². The average molecular weight is 346 g/mol. The maximum Gasteiger partial charge on any atom is 0.573 e. The van der Waals surface area contributed by atoms with E-state index in [2.05, 4.69) is 25.7 Å². The van der Waals surface area contributed by atoms with Crippen LogP contribution in [0.3, 0.4) is 0 Å². The Morgan fingerprint density at radius 3 is 2.50 bits per heavy atom. The van der Waals surface area contributed by atoms with Crippen molar-refractivity contribution in [1.29, 1.82) is 0 Å². The molecule has 0 saturated heterocycles. The molecule has 0 fully saturated rings. The third kappa shape index (κ3) is 3.36. The van der Waals surface area contributed by atoms with Gasteiger partial charge in [-0.05, 0) is 40.2 Å². The number of aromatic nitrogens is 1. The van der Waals surface area contributed by atoms with Crippen LogP contribution in [0.4, 0.5) is 13.2 Å². The van der Waals surface area contributed by atoms with Crippen LogP contribution in [0.5, 0.6) is 5.75 Å². The largest absolute Gasteiger partial charge is 0.573 e. The van der Waals surface area contributed by atoms with Crippen molar-refractivity contribution in [3.8, 4) is 5.75 Å². The molecule has 1 heterocycles. The highest BCUT2D eigenvalue weighted by molar-refractivity contribution is 9.10. The molecule has 104 valence electrons. The van der Waals surface area contributed by atoms with Gasteiger partial charge in [-0.3, -0.25) is 9.78 Å². The number of alkyl halides is 3. The van der Waals surface area contributed by atoms with E-state index in [1.54, 1.807) is 12.1 Å². The molecule has 0 radical (unpaired) electrons. The molecule has 1 aromatic heterocycles. The molecule has 0 unspecified atom stereocenters. The van der Waals surface area contributed by atoms with E-state index in [4.69, 9.17) is 0 Å². The highest BCUT2D eigenvalue weighted by Gasteiger charge is 2.33. The lowest BCUT2D eigenvalue weighted by atomic mass is 10.1. The van der Waals surface area contributed by atoms with E-state index in [-0.39, 0.29) is 15.7 Å². The second-order valence-electron chi connectivity index (χ2n) is 3.70. The van der Waals surface area contributed by atoms with Crippen LogP contribution in [0.2, 0.25) is 0 Å². The van der Waals surface area contributed by atoms with Gasteiger partial charge < -0.3 is 4.74 Å². The maximum atomic E-state index is 12.4. The first-order chi connectivity index (χ1) is 9.38. The standard InChI is InChI=1S/C13H7BrF3NO2/c14-8-4-3-6-10(20-13(15,16)17)11(8)12(19)9-5-1-2-7-18-9/h1-7H. The third-order valence-corrected chi connectivity index (χ3v) is 2.99. The molecule has 0 spiro atoms. The highest BCUT2D eigenvalue weighted by atomic mass is 79.9.